The van der Waals surface area contributed by atoms with Gasteiger partial charge in [0.25, 0.3) is 5.91 Å². The van der Waals surface area contributed by atoms with Crippen molar-refractivity contribution < 1.29 is 31.9 Å². The van der Waals surface area contributed by atoms with E-state index in [4.69, 9.17) is 16.3 Å². The second-order valence-electron chi connectivity index (χ2n) is 13.8. The molecule has 0 unspecified atom stereocenters. The van der Waals surface area contributed by atoms with Crippen LogP contribution in [0.25, 0.3) is 0 Å². The standard InChI is InChI=1S/C32H35ClF4N6O3/c1-29(2,3)46-28(45)43(30(4)7-6-8-30)15-18-9-21-22(23(10-18)32(35,36)37)16-42(26(21)44)25-12-19(11-24(33)39-25)31(13-20(34)14-31)27-38-17-41(5)40-27/h9-12,17,20H,6-8,13-16H2,1-5H3. The zero-order valence-electron chi connectivity index (χ0n) is 26.2. The number of aryl methyl sites for hydroxylation is 1. The van der Waals surface area contributed by atoms with E-state index in [1.165, 1.54) is 22.0 Å². The normalized spacial score (nSPS) is 22.3. The molecule has 3 heterocycles. The number of anilines is 1. The van der Waals surface area contributed by atoms with E-state index in [2.05, 4.69) is 15.1 Å². The molecule has 0 radical (unpaired) electrons. The fourth-order valence-corrected chi connectivity index (χ4v) is 6.84. The average Bonchev–Trinajstić information content (AvgIpc) is 3.49. The molecule has 46 heavy (non-hydrogen) atoms. The van der Waals surface area contributed by atoms with Gasteiger partial charge < -0.3 is 4.74 Å². The molecule has 3 aliphatic rings. The first-order valence-corrected chi connectivity index (χ1v) is 15.5. The van der Waals surface area contributed by atoms with Crippen LogP contribution in [0.5, 0.6) is 0 Å². The summed E-state index contributed by atoms with van der Waals surface area (Å²) in [5.74, 6) is -0.274. The molecule has 3 aromatic rings. The highest BCUT2D eigenvalue weighted by Crippen LogP contribution is 2.50. The first kappa shape index (κ1) is 32.2. The quantitative estimate of drug-likeness (QED) is 0.206. The number of hydrogen-bond donors (Lipinski definition) is 0. The third-order valence-corrected chi connectivity index (χ3v) is 9.41. The van der Waals surface area contributed by atoms with E-state index >= 15 is 0 Å². The zero-order chi connectivity index (χ0) is 33.4. The van der Waals surface area contributed by atoms with Gasteiger partial charge in [0.2, 0.25) is 0 Å². The van der Waals surface area contributed by atoms with Crippen LogP contribution in [0.2, 0.25) is 5.15 Å². The average molecular weight is 663 g/mol. The molecule has 0 bridgehead atoms. The van der Waals surface area contributed by atoms with Crippen LogP contribution in [0, 0.1) is 0 Å². The summed E-state index contributed by atoms with van der Waals surface area (Å²) < 4.78 is 65.1. The summed E-state index contributed by atoms with van der Waals surface area (Å²) in [6.45, 7) is 6.49. The monoisotopic (exact) mass is 662 g/mol. The number of halogens is 5. The van der Waals surface area contributed by atoms with Gasteiger partial charge in [-0.05, 0) is 101 Å². The molecule has 0 saturated heterocycles. The van der Waals surface area contributed by atoms with Gasteiger partial charge in [-0.1, -0.05) is 11.6 Å². The van der Waals surface area contributed by atoms with E-state index in [1.807, 2.05) is 6.92 Å². The predicted molar refractivity (Wildman–Crippen MR) is 161 cm³/mol. The number of nitrogens with zero attached hydrogens (tertiary/aromatic N) is 6. The Morgan fingerprint density at radius 1 is 1.15 bits per heavy atom. The second kappa shape index (κ2) is 10.9. The Bertz CT molecular complexity index is 1710. The van der Waals surface area contributed by atoms with Crippen LogP contribution in [0.4, 0.5) is 28.2 Å². The number of fused-ring (bicyclic) bond motifs is 1. The number of carbonyl (C=O) groups is 2. The molecule has 0 spiro atoms. The fourth-order valence-electron chi connectivity index (χ4n) is 6.63. The Morgan fingerprint density at radius 3 is 2.39 bits per heavy atom. The van der Waals surface area contributed by atoms with Crippen molar-refractivity contribution in [3.8, 4) is 0 Å². The fraction of sp³-hybridized carbons (Fsp3) is 0.531. The predicted octanol–water partition coefficient (Wildman–Crippen LogP) is 7.14. The summed E-state index contributed by atoms with van der Waals surface area (Å²) in [5, 5.41) is 4.38. The molecular weight excluding hydrogens is 628 g/mol. The third kappa shape index (κ3) is 5.71. The van der Waals surface area contributed by atoms with Crippen molar-refractivity contribution in [2.24, 2.45) is 7.05 Å². The van der Waals surface area contributed by atoms with E-state index in [0.29, 0.717) is 24.2 Å². The lowest BCUT2D eigenvalue weighted by Crippen LogP contribution is -2.54. The molecule has 1 aliphatic heterocycles. The van der Waals surface area contributed by atoms with Crippen LogP contribution in [-0.4, -0.2) is 54.0 Å². The van der Waals surface area contributed by atoms with Crippen molar-refractivity contribution >= 4 is 29.4 Å². The van der Waals surface area contributed by atoms with E-state index in [1.54, 1.807) is 40.0 Å². The van der Waals surface area contributed by atoms with E-state index < -0.39 is 53.0 Å². The minimum atomic E-state index is -4.78. The van der Waals surface area contributed by atoms with E-state index in [-0.39, 0.29) is 47.0 Å². The van der Waals surface area contributed by atoms with Gasteiger partial charge in [-0.15, -0.1) is 0 Å². The molecule has 2 amide bonds. The number of hydrogen-bond acceptors (Lipinski definition) is 6. The highest BCUT2D eigenvalue weighted by molar-refractivity contribution is 6.29. The Labute approximate surface area is 268 Å². The molecule has 0 atom stereocenters. The third-order valence-electron chi connectivity index (χ3n) is 9.22. The molecule has 0 N–H and O–H groups in total. The lowest BCUT2D eigenvalue weighted by atomic mass is 9.63. The number of aromatic nitrogens is 4. The minimum absolute atomic E-state index is 0.00708. The van der Waals surface area contributed by atoms with Crippen LogP contribution in [0.1, 0.15) is 98.2 Å². The summed E-state index contributed by atoms with van der Waals surface area (Å²) >= 11 is 6.41. The van der Waals surface area contributed by atoms with Gasteiger partial charge in [0.15, 0.2) is 5.82 Å². The molecule has 6 rings (SSSR count). The molecule has 2 aliphatic carbocycles. The Morgan fingerprint density at radius 2 is 1.85 bits per heavy atom. The van der Waals surface area contributed by atoms with Crippen LogP contribution in [-0.2, 0) is 36.5 Å². The van der Waals surface area contributed by atoms with Crippen molar-refractivity contribution in [3.05, 3.63) is 69.4 Å². The van der Waals surface area contributed by atoms with Crippen molar-refractivity contribution in [2.45, 2.75) is 102 Å². The zero-order valence-corrected chi connectivity index (χ0v) is 27.0. The molecule has 2 saturated carbocycles. The minimum Gasteiger partial charge on any atom is -0.444 e. The summed E-state index contributed by atoms with van der Waals surface area (Å²) in [4.78, 5) is 38.4. The van der Waals surface area contributed by atoms with Gasteiger partial charge >= 0.3 is 12.3 Å². The van der Waals surface area contributed by atoms with Gasteiger partial charge in [-0.3, -0.25) is 19.3 Å². The van der Waals surface area contributed by atoms with E-state index in [9.17, 15) is 27.2 Å². The van der Waals surface area contributed by atoms with Gasteiger partial charge in [-0.25, -0.2) is 19.2 Å². The number of ether oxygens (including phenoxy) is 1. The van der Waals surface area contributed by atoms with Crippen LogP contribution >= 0.6 is 11.6 Å². The molecule has 1 aromatic carbocycles. The van der Waals surface area contributed by atoms with Gasteiger partial charge in [0.05, 0.1) is 17.5 Å². The number of alkyl halides is 4. The Balaban J connectivity index is 1.37. The first-order valence-electron chi connectivity index (χ1n) is 15.1. The maximum Gasteiger partial charge on any atom is 0.416 e. The summed E-state index contributed by atoms with van der Waals surface area (Å²) in [6.07, 6.45) is -2.62. The summed E-state index contributed by atoms with van der Waals surface area (Å²) in [5.41, 5.74) is -2.94. The maximum atomic E-state index is 14.6. The molecule has 9 nitrogen and oxygen atoms in total. The van der Waals surface area contributed by atoms with Crippen molar-refractivity contribution in [2.75, 3.05) is 4.90 Å². The number of pyridine rings is 1. The van der Waals surface area contributed by atoms with E-state index in [0.717, 1.165) is 17.4 Å². The SMILES string of the molecule is Cn1cnc(C2(c3cc(Cl)nc(N4Cc5c(cc(CN(C(=O)OC(C)(C)C)C6(C)CCC6)cc5C(F)(F)F)C4=O)c3)CC(F)C2)n1. The maximum absolute atomic E-state index is 14.6. The lowest BCUT2D eigenvalue weighted by Gasteiger charge is -2.47. The van der Waals surface area contributed by atoms with Gasteiger partial charge in [0.1, 0.15) is 29.1 Å². The molecule has 2 aromatic heterocycles. The molecule has 14 heteroatoms. The van der Waals surface area contributed by atoms with Crippen molar-refractivity contribution in [1.29, 1.82) is 0 Å². The number of amides is 2. The second-order valence-corrected chi connectivity index (χ2v) is 14.2. The van der Waals surface area contributed by atoms with Crippen LogP contribution in [0.15, 0.2) is 30.6 Å². The number of rotatable bonds is 6. The van der Waals surface area contributed by atoms with Crippen molar-refractivity contribution in [3.63, 3.8) is 0 Å². The summed E-state index contributed by atoms with van der Waals surface area (Å²) in [6, 6.07) is 5.51. The Kier molecular flexibility index (Phi) is 7.65. The number of carbonyl (C=O) groups excluding carboxylic acids is 2. The first-order chi connectivity index (χ1) is 21.4. The largest absolute Gasteiger partial charge is 0.444 e. The number of benzene rings is 1. The van der Waals surface area contributed by atoms with Gasteiger partial charge in [0, 0.05) is 24.7 Å². The van der Waals surface area contributed by atoms with Crippen LogP contribution < -0.4 is 4.90 Å². The molecule has 2 fully saturated rings. The highest BCUT2D eigenvalue weighted by atomic mass is 35.5. The Hall–Kier alpha value is -3.74. The summed E-state index contributed by atoms with van der Waals surface area (Å²) in [7, 11) is 1.69. The van der Waals surface area contributed by atoms with Crippen LogP contribution in [0.3, 0.4) is 0 Å². The highest BCUT2D eigenvalue weighted by Gasteiger charge is 2.51. The lowest BCUT2D eigenvalue weighted by molar-refractivity contribution is -0.138. The smallest absolute Gasteiger partial charge is 0.416 e. The topological polar surface area (TPSA) is 93.5 Å². The van der Waals surface area contributed by atoms with Crippen molar-refractivity contribution in [1.82, 2.24) is 24.6 Å². The van der Waals surface area contributed by atoms with Gasteiger partial charge in [-0.2, -0.15) is 18.3 Å². The molecular formula is C32H35ClF4N6O3. The molecule has 246 valence electrons.